The van der Waals surface area contributed by atoms with Crippen LogP contribution in [-0.2, 0) is 10.0 Å². The molecule has 0 saturated heterocycles. The Kier molecular flexibility index (Phi) is 6.48. The Morgan fingerprint density at radius 3 is 2.39 bits per heavy atom. The van der Waals surface area contributed by atoms with Gasteiger partial charge in [-0.3, -0.25) is 0 Å². The number of aliphatic hydroxyl groups is 1. The first-order valence-corrected chi connectivity index (χ1v) is 7.50. The van der Waals surface area contributed by atoms with Gasteiger partial charge in [0.1, 0.15) is 4.90 Å². The molecule has 1 heterocycles. The number of sulfonamides is 1. The zero-order valence-electron chi connectivity index (χ0n) is 9.84. The van der Waals surface area contributed by atoms with Crippen molar-refractivity contribution < 1.29 is 13.5 Å². The van der Waals surface area contributed by atoms with Crippen molar-refractivity contribution in [2.24, 2.45) is 0 Å². The van der Waals surface area contributed by atoms with E-state index in [0.717, 1.165) is 25.7 Å². The van der Waals surface area contributed by atoms with Crippen LogP contribution >= 0.6 is 11.6 Å². The Morgan fingerprint density at radius 2 is 1.78 bits per heavy atom. The normalized spacial score (nSPS) is 11.7. The van der Waals surface area contributed by atoms with Crippen molar-refractivity contribution in [3.63, 3.8) is 0 Å². The second-order valence-electron chi connectivity index (χ2n) is 3.72. The van der Waals surface area contributed by atoms with Crippen LogP contribution in [0.5, 0.6) is 0 Å². The van der Waals surface area contributed by atoms with Crippen molar-refractivity contribution in [1.82, 2.24) is 14.7 Å². The van der Waals surface area contributed by atoms with Gasteiger partial charge in [-0.25, -0.2) is 23.1 Å². The topological polar surface area (TPSA) is 92.2 Å². The predicted molar refractivity (Wildman–Crippen MR) is 67.8 cm³/mol. The molecule has 18 heavy (non-hydrogen) atoms. The van der Waals surface area contributed by atoms with Crippen LogP contribution in [0.2, 0.25) is 5.28 Å². The number of hydrogen-bond donors (Lipinski definition) is 2. The molecule has 0 bridgehead atoms. The molecule has 0 aromatic carbocycles. The fourth-order valence-electron chi connectivity index (χ4n) is 1.32. The molecular formula is C10H16ClN3O3S. The monoisotopic (exact) mass is 293 g/mol. The summed E-state index contributed by atoms with van der Waals surface area (Å²) >= 11 is 5.48. The molecule has 0 fully saturated rings. The molecule has 1 rings (SSSR count). The Bertz CT molecular complexity index is 450. The number of aliphatic hydroxyl groups excluding tert-OH is 1. The fraction of sp³-hybridized carbons (Fsp3) is 0.600. The van der Waals surface area contributed by atoms with Gasteiger partial charge in [0.15, 0.2) is 0 Å². The standard InChI is InChI=1S/C10H16ClN3O3S/c11-10-12-7-9(8-13-10)18(16,17)14-5-3-1-2-4-6-15/h7-8,14-15H,1-6H2. The van der Waals surface area contributed by atoms with E-state index >= 15 is 0 Å². The lowest BCUT2D eigenvalue weighted by molar-refractivity contribution is 0.282. The van der Waals surface area contributed by atoms with E-state index in [-0.39, 0.29) is 16.8 Å². The molecule has 0 atom stereocenters. The Hall–Kier alpha value is -0.760. The van der Waals surface area contributed by atoms with Gasteiger partial charge in [-0.2, -0.15) is 0 Å². The summed E-state index contributed by atoms with van der Waals surface area (Å²) in [5.41, 5.74) is 0. The minimum Gasteiger partial charge on any atom is -0.396 e. The van der Waals surface area contributed by atoms with E-state index in [9.17, 15) is 8.42 Å². The molecule has 1 aromatic heterocycles. The number of halogens is 1. The largest absolute Gasteiger partial charge is 0.396 e. The molecule has 0 saturated carbocycles. The highest BCUT2D eigenvalue weighted by atomic mass is 35.5. The third-order valence-electron chi connectivity index (χ3n) is 2.28. The van der Waals surface area contributed by atoms with E-state index in [1.807, 2.05) is 0 Å². The van der Waals surface area contributed by atoms with Gasteiger partial charge >= 0.3 is 0 Å². The summed E-state index contributed by atoms with van der Waals surface area (Å²) in [5.74, 6) is 0. The summed E-state index contributed by atoms with van der Waals surface area (Å²) in [6.45, 7) is 0.532. The highest BCUT2D eigenvalue weighted by Crippen LogP contribution is 2.07. The summed E-state index contributed by atoms with van der Waals surface area (Å²) in [4.78, 5) is 7.25. The minimum atomic E-state index is -3.55. The lowest BCUT2D eigenvalue weighted by atomic mass is 10.2. The highest BCUT2D eigenvalue weighted by molar-refractivity contribution is 7.89. The van der Waals surface area contributed by atoms with Crippen LogP contribution in [0.4, 0.5) is 0 Å². The van der Waals surface area contributed by atoms with Crippen molar-refractivity contribution >= 4 is 21.6 Å². The molecule has 0 aliphatic carbocycles. The number of hydrogen-bond acceptors (Lipinski definition) is 5. The number of nitrogens with zero attached hydrogens (tertiary/aromatic N) is 2. The summed E-state index contributed by atoms with van der Waals surface area (Å²) in [6, 6.07) is 0. The van der Waals surface area contributed by atoms with E-state index in [1.54, 1.807) is 0 Å². The van der Waals surface area contributed by atoms with Gasteiger partial charge < -0.3 is 5.11 Å². The molecule has 1 aromatic rings. The first-order chi connectivity index (χ1) is 8.56. The number of nitrogens with one attached hydrogen (secondary N) is 1. The highest BCUT2D eigenvalue weighted by Gasteiger charge is 2.13. The summed E-state index contributed by atoms with van der Waals surface area (Å²) in [7, 11) is -3.55. The first-order valence-electron chi connectivity index (χ1n) is 5.64. The third-order valence-corrected chi connectivity index (χ3v) is 3.89. The molecule has 0 unspecified atom stereocenters. The zero-order valence-corrected chi connectivity index (χ0v) is 11.4. The molecular weight excluding hydrogens is 278 g/mol. The molecule has 0 amide bonds. The molecule has 0 spiro atoms. The van der Waals surface area contributed by atoms with Crippen LogP contribution in [-0.4, -0.2) is 36.6 Å². The fourth-order valence-corrected chi connectivity index (χ4v) is 2.38. The second-order valence-corrected chi connectivity index (χ2v) is 5.83. The molecule has 0 aliphatic rings. The lowest BCUT2D eigenvalue weighted by Gasteiger charge is -2.05. The molecule has 6 nitrogen and oxygen atoms in total. The van der Waals surface area contributed by atoms with E-state index < -0.39 is 10.0 Å². The summed E-state index contributed by atoms with van der Waals surface area (Å²) in [6.07, 6.45) is 5.58. The van der Waals surface area contributed by atoms with Crippen LogP contribution in [0, 0.1) is 0 Å². The first kappa shape index (κ1) is 15.3. The molecule has 8 heteroatoms. The van der Waals surface area contributed by atoms with Crippen molar-refractivity contribution in [3.8, 4) is 0 Å². The van der Waals surface area contributed by atoms with E-state index in [1.165, 1.54) is 12.4 Å². The summed E-state index contributed by atoms with van der Waals surface area (Å²) in [5, 5.41) is 8.60. The maximum atomic E-state index is 11.8. The van der Waals surface area contributed by atoms with Crippen LogP contribution in [0.3, 0.4) is 0 Å². The Labute approximate surface area is 111 Å². The van der Waals surface area contributed by atoms with Gasteiger partial charge in [-0.15, -0.1) is 0 Å². The zero-order chi connectivity index (χ0) is 13.4. The van der Waals surface area contributed by atoms with Gasteiger partial charge in [0.05, 0.1) is 12.4 Å². The Balaban J connectivity index is 2.38. The van der Waals surface area contributed by atoms with E-state index in [4.69, 9.17) is 16.7 Å². The molecule has 102 valence electrons. The number of aromatic nitrogens is 2. The predicted octanol–water partition coefficient (Wildman–Crippen LogP) is 0.961. The van der Waals surface area contributed by atoms with Gasteiger partial charge in [0.25, 0.3) is 0 Å². The quantitative estimate of drug-likeness (QED) is 0.550. The van der Waals surface area contributed by atoms with Crippen molar-refractivity contribution in [1.29, 1.82) is 0 Å². The van der Waals surface area contributed by atoms with E-state index in [0.29, 0.717) is 6.54 Å². The van der Waals surface area contributed by atoms with Gasteiger partial charge in [-0.1, -0.05) is 12.8 Å². The average Bonchev–Trinajstić information content (AvgIpc) is 2.34. The van der Waals surface area contributed by atoms with Gasteiger partial charge in [-0.05, 0) is 24.4 Å². The van der Waals surface area contributed by atoms with Crippen molar-refractivity contribution in [2.45, 2.75) is 30.6 Å². The number of rotatable bonds is 8. The lowest BCUT2D eigenvalue weighted by Crippen LogP contribution is -2.25. The minimum absolute atomic E-state index is 0.00209. The SMILES string of the molecule is O=S(=O)(NCCCCCCO)c1cnc(Cl)nc1. The maximum absolute atomic E-state index is 11.8. The third kappa shape index (κ3) is 5.26. The maximum Gasteiger partial charge on any atom is 0.243 e. The second kappa shape index (κ2) is 7.63. The van der Waals surface area contributed by atoms with Crippen LogP contribution in [0.25, 0.3) is 0 Å². The molecule has 0 radical (unpaired) electrons. The Morgan fingerprint density at radius 1 is 1.17 bits per heavy atom. The molecule has 0 aliphatic heterocycles. The van der Waals surface area contributed by atoms with Gasteiger partial charge in [0, 0.05) is 13.2 Å². The van der Waals surface area contributed by atoms with Crippen LogP contribution in [0.1, 0.15) is 25.7 Å². The average molecular weight is 294 g/mol. The van der Waals surface area contributed by atoms with Crippen LogP contribution < -0.4 is 4.72 Å². The van der Waals surface area contributed by atoms with E-state index in [2.05, 4.69) is 14.7 Å². The van der Waals surface area contributed by atoms with Gasteiger partial charge in [0.2, 0.25) is 15.3 Å². The smallest absolute Gasteiger partial charge is 0.243 e. The van der Waals surface area contributed by atoms with Crippen LogP contribution in [0.15, 0.2) is 17.3 Å². The summed E-state index contributed by atoms with van der Waals surface area (Å²) < 4.78 is 26.0. The van der Waals surface area contributed by atoms with Crippen molar-refractivity contribution in [3.05, 3.63) is 17.7 Å². The molecule has 2 N–H and O–H groups in total. The van der Waals surface area contributed by atoms with Crippen molar-refractivity contribution in [2.75, 3.05) is 13.2 Å². The number of unbranched alkanes of at least 4 members (excludes halogenated alkanes) is 3.